The molecule has 1 N–H and O–H groups in total. The van der Waals surface area contributed by atoms with Gasteiger partial charge in [0.2, 0.25) is 0 Å². The van der Waals surface area contributed by atoms with Crippen molar-refractivity contribution in [3.8, 4) is 0 Å². The molecule has 0 aliphatic carbocycles. The van der Waals surface area contributed by atoms with Crippen LogP contribution < -0.4 is 0 Å². The highest BCUT2D eigenvalue weighted by atomic mass is 32.2. The molecule has 0 aliphatic rings. The number of esters is 2. The van der Waals surface area contributed by atoms with Crippen LogP contribution in [0.1, 0.15) is 13.3 Å². The molecule has 146 valence electrons. The van der Waals surface area contributed by atoms with Gasteiger partial charge in [-0.3, -0.25) is 4.55 Å². The average Bonchev–Trinajstić information content (AvgIpc) is 2.46. The van der Waals surface area contributed by atoms with Crippen LogP contribution in [0.4, 0.5) is 22.0 Å². The van der Waals surface area contributed by atoms with Gasteiger partial charge in [-0.25, -0.2) is 9.59 Å². The fourth-order valence-corrected chi connectivity index (χ4v) is 1.33. The lowest BCUT2D eigenvalue weighted by Crippen LogP contribution is -2.59. The number of carbonyl (C=O) groups is 2. The topological polar surface area (TPSA) is 116 Å². The molecule has 14 heteroatoms. The molecule has 0 amide bonds. The Morgan fingerprint density at radius 1 is 1.20 bits per heavy atom. The van der Waals surface area contributed by atoms with Gasteiger partial charge in [0.05, 0.1) is 6.61 Å². The maximum atomic E-state index is 13.2. The summed E-state index contributed by atoms with van der Waals surface area (Å²) in [6.07, 6.45) is -5.76. The number of carbonyl (C=O) groups excluding carboxylic acids is 2. The van der Waals surface area contributed by atoms with Crippen molar-refractivity contribution in [2.24, 2.45) is 0 Å². The zero-order valence-electron chi connectivity index (χ0n) is 12.5. The van der Waals surface area contributed by atoms with Crippen LogP contribution >= 0.6 is 0 Å². The Hall–Kier alpha value is -1.80. The predicted octanol–water partition coefficient (Wildman–Crippen LogP) is 1.42. The van der Waals surface area contributed by atoms with Gasteiger partial charge in [-0.05, 0) is 6.42 Å². The van der Waals surface area contributed by atoms with Crippen molar-refractivity contribution in [3.05, 3.63) is 12.7 Å². The van der Waals surface area contributed by atoms with E-state index in [-0.39, 0.29) is 12.5 Å². The van der Waals surface area contributed by atoms with E-state index in [9.17, 15) is 40.0 Å². The van der Waals surface area contributed by atoms with Crippen LogP contribution in [0.2, 0.25) is 0 Å². The molecule has 0 aromatic heterocycles. The van der Waals surface area contributed by atoms with Gasteiger partial charge in [0.1, 0.15) is 6.61 Å². The molecule has 8 nitrogen and oxygen atoms in total. The molecule has 0 heterocycles. The molecule has 0 aliphatic heterocycles. The Morgan fingerprint density at radius 2 is 1.72 bits per heavy atom. The Bertz CT molecular complexity index is 614. The van der Waals surface area contributed by atoms with Crippen LogP contribution in [-0.4, -0.2) is 55.3 Å². The summed E-state index contributed by atoms with van der Waals surface area (Å²) < 4.78 is 107. The van der Waals surface area contributed by atoms with Gasteiger partial charge < -0.3 is 14.2 Å². The van der Waals surface area contributed by atoms with Gasteiger partial charge in [-0.1, -0.05) is 13.5 Å². The normalized spacial score (nSPS) is 15.2. The molecule has 0 aromatic carbocycles. The van der Waals surface area contributed by atoms with E-state index >= 15 is 0 Å². The molecule has 0 saturated heterocycles. The summed E-state index contributed by atoms with van der Waals surface area (Å²) in [5.41, 5.74) is 0. The molecular weight excluding hydrogens is 387 g/mol. The van der Waals surface area contributed by atoms with Crippen molar-refractivity contribution in [2.75, 3.05) is 13.2 Å². The third-order valence-corrected chi connectivity index (χ3v) is 3.18. The highest BCUT2D eigenvalue weighted by Crippen LogP contribution is 2.38. The molecule has 0 spiro atoms. The van der Waals surface area contributed by atoms with Gasteiger partial charge in [0.25, 0.3) is 0 Å². The highest BCUT2D eigenvalue weighted by Gasteiger charge is 2.69. The van der Waals surface area contributed by atoms with Crippen molar-refractivity contribution < 1.29 is 58.7 Å². The van der Waals surface area contributed by atoms with E-state index in [4.69, 9.17) is 4.55 Å². The third-order valence-electron chi connectivity index (χ3n) is 2.31. The second kappa shape index (κ2) is 8.05. The zero-order chi connectivity index (χ0) is 20.1. The standard InChI is InChI=1S/C11H13F5O8S/c1-3-5-22-8(18)10(11(14,15)16,24-7(17)4-2)23-6-9(12,13)25(19,20)21/h4H,2-3,5-6H2,1H3,(H,19,20,21). The molecule has 0 radical (unpaired) electrons. The van der Waals surface area contributed by atoms with Crippen LogP contribution in [0.5, 0.6) is 0 Å². The number of hydrogen-bond acceptors (Lipinski definition) is 7. The summed E-state index contributed by atoms with van der Waals surface area (Å²) in [5.74, 6) is -9.02. The summed E-state index contributed by atoms with van der Waals surface area (Å²) in [5, 5.41) is -5.24. The first-order valence-electron chi connectivity index (χ1n) is 6.22. The lowest BCUT2D eigenvalue weighted by atomic mass is 10.2. The summed E-state index contributed by atoms with van der Waals surface area (Å²) in [7, 11) is -6.19. The van der Waals surface area contributed by atoms with Crippen LogP contribution in [0.25, 0.3) is 0 Å². The maximum absolute atomic E-state index is 13.2. The predicted molar refractivity (Wildman–Crippen MR) is 68.8 cm³/mol. The summed E-state index contributed by atoms with van der Waals surface area (Å²) in [6.45, 7) is 0.849. The van der Waals surface area contributed by atoms with E-state index in [1.165, 1.54) is 6.92 Å². The Kier molecular flexibility index (Phi) is 7.47. The largest absolute Gasteiger partial charge is 0.468 e. The lowest BCUT2D eigenvalue weighted by molar-refractivity contribution is -0.359. The number of ether oxygens (including phenoxy) is 3. The fourth-order valence-electron chi connectivity index (χ4n) is 1.12. The summed E-state index contributed by atoms with van der Waals surface area (Å²) >= 11 is 0. The molecular formula is C11H13F5O8S. The van der Waals surface area contributed by atoms with E-state index in [1.807, 2.05) is 0 Å². The molecule has 1 unspecified atom stereocenters. The van der Waals surface area contributed by atoms with Crippen molar-refractivity contribution in [1.29, 1.82) is 0 Å². The molecule has 0 aromatic rings. The van der Waals surface area contributed by atoms with Gasteiger partial charge in [-0.2, -0.15) is 30.4 Å². The maximum Gasteiger partial charge on any atom is 0.468 e. The second-order valence-corrected chi connectivity index (χ2v) is 5.82. The van der Waals surface area contributed by atoms with Gasteiger partial charge in [0.15, 0.2) is 0 Å². The van der Waals surface area contributed by atoms with Crippen LogP contribution in [0.3, 0.4) is 0 Å². The Morgan fingerprint density at radius 3 is 2.08 bits per heavy atom. The van der Waals surface area contributed by atoms with Crippen molar-refractivity contribution in [2.45, 2.75) is 30.6 Å². The van der Waals surface area contributed by atoms with Gasteiger partial charge in [-0.15, -0.1) is 0 Å². The number of halogens is 5. The first kappa shape index (κ1) is 23.2. The minimum absolute atomic E-state index is 0.0102. The highest BCUT2D eigenvalue weighted by molar-refractivity contribution is 7.86. The first-order valence-corrected chi connectivity index (χ1v) is 7.66. The lowest BCUT2D eigenvalue weighted by Gasteiger charge is -2.32. The van der Waals surface area contributed by atoms with E-state index in [1.54, 1.807) is 0 Å². The smallest absolute Gasteiger partial charge is 0.461 e. The quantitative estimate of drug-likeness (QED) is 0.203. The van der Waals surface area contributed by atoms with Crippen molar-refractivity contribution in [1.82, 2.24) is 0 Å². The Balaban J connectivity index is 5.96. The molecule has 0 rings (SSSR count). The van der Waals surface area contributed by atoms with E-state index < -0.39 is 52.5 Å². The number of alkyl halides is 5. The van der Waals surface area contributed by atoms with Gasteiger partial charge in [0, 0.05) is 6.08 Å². The van der Waals surface area contributed by atoms with E-state index in [0.717, 1.165) is 0 Å². The van der Waals surface area contributed by atoms with Crippen LogP contribution in [0, 0.1) is 0 Å². The average molecular weight is 400 g/mol. The van der Waals surface area contributed by atoms with Crippen LogP contribution in [-0.2, 0) is 33.9 Å². The fraction of sp³-hybridized carbons (Fsp3) is 0.636. The molecule has 25 heavy (non-hydrogen) atoms. The van der Waals surface area contributed by atoms with Gasteiger partial charge >= 0.3 is 39.3 Å². The summed E-state index contributed by atoms with van der Waals surface area (Å²) in [4.78, 5) is 22.7. The zero-order valence-corrected chi connectivity index (χ0v) is 13.3. The number of rotatable bonds is 9. The molecule has 1 atom stereocenters. The minimum Gasteiger partial charge on any atom is -0.461 e. The molecule has 0 fully saturated rings. The van der Waals surface area contributed by atoms with Crippen molar-refractivity contribution in [3.63, 3.8) is 0 Å². The summed E-state index contributed by atoms with van der Waals surface area (Å²) in [6, 6.07) is 0. The molecule has 0 saturated carbocycles. The van der Waals surface area contributed by atoms with Crippen LogP contribution in [0.15, 0.2) is 12.7 Å². The minimum atomic E-state index is -6.19. The SMILES string of the molecule is C=CC(=O)OC(OCC(F)(F)S(=O)(=O)O)(C(=O)OCCC)C(F)(F)F. The number of hydrogen-bond donors (Lipinski definition) is 1. The van der Waals surface area contributed by atoms with E-state index in [0.29, 0.717) is 0 Å². The molecule has 0 bridgehead atoms. The first-order chi connectivity index (χ1) is 11.1. The monoisotopic (exact) mass is 400 g/mol. The van der Waals surface area contributed by atoms with Crippen molar-refractivity contribution >= 4 is 22.1 Å². The third kappa shape index (κ3) is 5.61. The van der Waals surface area contributed by atoms with E-state index in [2.05, 4.69) is 20.8 Å². The Labute approximate surface area is 138 Å². The second-order valence-electron chi connectivity index (χ2n) is 4.28.